The minimum absolute atomic E-state index is 0.250. The standard InChI is InChI=1S/C13H20N4O/c1-9(13-10(2)16-18-11(13)3)14-5-7-17-8-6-15-12(17)4/h6,8-9,14H,5,7H2,1-4H3. The molecule has 1 N–H and O–H groups in total. The van der Waals surface area contributed by atoms with Gasteiger partial charge in [-0.05, 0) is 27.7 Å². The van der Waals surface area contributed by atoms with E-state index in [1.165, 1.54) is 0 Å². The van der Waals surface area contributed by atoms with Crippen molar-refractivity contribution in [3.8, 4) is 0 Å². The van der Waals surface area contributed by atoms with Crippen LogP contribution in [0.4, 0.5) is 0 Å². The quantitative estimate of drug-likeness (QED) is 0.881. The highest BCUT2D eigenvalue weighted by Gasteiger charge is 2.15. The first-order valence-electron chi connectivity index (χ1n) is 6.23. The molecule has 0 amide bonds. The third-order valence-electron chi connectivity index (χ3n) is 3.25. The van der Waals surface area contributed by atoms with Gasteiger partial charge >= 0.3 is 0 Å². The number of imidazole rings is 1. The van der Waals surface area contributed by atoms with E-state index < -0.39 is 0 Å². The van der Waals surface area contributed by atoms with E-state index in [1.807, 2.05) is 33.2 Å². The van der Waals surface area contributed by atoms with Crippen molar-refractivity contribution in [1.29, 1.82) is 0 Å². The fraction of sp³-hybridized carbons (Fsp3) is 0.538. The van der Waals surface area contributed by atoms with Gasteiger partial charge in [-0.2, -0.15) is 0 Å². The summed E-state index contributed by atoms with van der Waals surface area (Å²) in [6, 6.07) is 0.250. The second-order valence-corrected chi connectivity index (χ2v) is 4.58. The third kappa shape index (κ3) is 2.61. The highest BCUT2D eigenvalue weighted by molar-refractivity contribution is 5.24. The number of rotatable bonds is 5. The van der Waals surface area contributed by atoms with Gasteiger partial charge in [0.05, 0.1) is 5.69 Å². The first-order chi connectivity index (χ1) is 8.59. The molecule has 5 heteroatoms. The summed E-state index contributed by atoms with van der Waals surface area (Å²) in [5.41, 5.74) is 2.13. The predicted molar refractivity (Wildman–Crippen MR) is 69.4 cm³/mol. The van der Waals surface area contributed by atoms with Gasteiger partial charge in [0, 0.05) is 37.1 Å². The van der Waals surface area contributed by atoms with E-state index in [-0.39, 0.29) is 6.04 Å². The average molecular weight is 248 g/mol. The van der Waals surface area contributed by atoms with Gasteiger partial charge in [-0.15, -0.1) is 0 Å². The third-order valence-corrected chi connectivity index (χ3v) is 3.25. The molecule has 0 aliphatic rings. The van der Waals surface area contributed by atoms with Crippen molar-refractivity contribution < 1.29 is 4.52 Å². The summed E-state index contributed by atoms with van der Waals surface area (Å²) < 4.78 is 7.31. The molecule has 2 aromatic rings. The summed E-state index contributed by atoms with van der Waals surface area (Å²) >= 11 is 0. The van der Waals surface area contributed by atoms with E-state index in [1.54, 1.807) is 0 Å². The van der Waals surface area contributed by atoms with Crippen LogP contribution in [0.25, 0.3) is 0 Å². The van der Waals surface area contributed by atoms with Gasteiger partial charge in [0.15, 0.2) is 0 Å². The molecular formula is C13H20N4O. The minimum atomic E-state index is 0.250. The van der Waals surface area contributed by atoms with E-state index in [9.17, 15) is 0 Å². The molecule has 2 rings (SSSR count). The molecular weight excluding hydrogens is 228 g/mol. The molecule has 0 aliphatic heterocycles. The van der Waals surface area contributed by atoms with E-state index in [0.717, 1.165) is 35.9 Å². The Balaban J connectivity index is 1.89. The molecule has 0 saturated carbocycles. The molecule has 18 heavy (non-hydrogen) atoms. The summed E-state index contributed by atoms with van der Waals surface area (Å²) in [7, 11) is 0. The summed E-state index contributed by atoms with van der Waals surface area (Å²) in [6.07, 6.45) is 3.82. The molecule has 5 nitrogen and oxygen atoms in total. The molecule has 2 aromatic heterocycles. The summed E-state index contributed by atoms with van der Waals surface area (Å²) in [4.78, 5) is 4.20. The normalized spacial score (nSPS) is 12.9. The van der Waals surface area contributed by atoms with E-state index in [0.29, 0.717) is 0 Å². The van der Waals surface area contributed by atoms with Crippen LogP contribution in [0, 0.1) is 20.8 Å². The molecule has 0 radical (unpaired) electrons. The van der Waals surface area contributed by atoms with Gasteiger partial charge in [0.2, 0.25) is 0 Å². The average Bonchev–Trinajstić information content (AvgIpc) is 2.86. The van der Waals surface area contributed by atoms with Crippen molar-refractivity contribution in [3.63, 3.8) is 0 Å². The lowest BCUT2D eigenvalue weighted by Gasteiger charge is -2.14. The lowest BCUT2D eigenvalue weighted by molar-refractivity contribution is 0.390. The lowest BCUT2D eigenvalue weighted by Crippen LogP contribution is -2.24. The second-order valence-electron chi connectivity index (χ2n) is 4.58. The summed E-state index contributed by atoms with van der Waals surface area (Å²) in [6.45, 7) is 9.88. The van der Waals surface area contributed by atoms with Crippen LogP contribution in [-0.4, -0.2) is 21.3 Å². The van der Waals surface area contributed by atoms with Crippen molar-refractivity contribution in [3.05, 3.63) is 35.2 Å². The monoisotopic (exact) mass is 248 g/mol. The van der Waals surface area contributed by atoms with Crippen LogP contribution in [-0.2, 0) is 6.54 Å². The Morgan fingerprint density at radius 3 is 2.72 bits per heavy atom. The maximum absolute atomic E-state index is 5.18. The van der Waals surface area contributed by atoms with Crippen molar-refractivity contribution >= 4 is 0 Å². The molecule has 0 fully saturated rings. The molecule has 0 aromatic carbocycles. The molecule has 98 valence electrons. The van der Waals surface area contributed by atoms with Gasteiger partial charge in [-0.1, -0.05) is 5.16 Å². The molecule has 0 spiro atoms. The minimum Gasteiger partial charge on any atom is -0.361 e. The molecule has 0 saturated heterocycles. The smallest absolute Gasteiger partial charge is 0.138 e. The maximum atomic E-state index is 5.18. The fourth-order valence-electron chi connectivity index (χ4n) is 2.25. The molecule has 0 bridgehead atoms. The Morgan fingerprint density at radius 2 is 2.17 bits per heavy atom. The highest BCUT2D eigenvalue weighted by atomic mass is 16.5. The van der Waals surface area contributed by atoms with Crippen LogP contribution in [0.2, 0.25) is 0 Å². The topological polar surface area (TPSA) is 55.9 Å². The van der Waals surface area contributed by atoms with Crippen molar-refractivity contribution in [2.24, 2.45) is 0 Å². The number of nitrogens with one attached hydrogen (secondary N) is 1. The Bertz CT molecular complexity index is 495. The zero-order chi connectivity index (χ0) is 13.1. The predicted octanol–water partition coefficient (Wildman–Crippen LogP) is 2.15. The molecule has 1 unspecified atom stereocenters. The number of nitrogens with zero attached hydrogens (tertiary/aromatic N) is 3. The van der Waals surface area contributed by atoms with Gasteiger partial charge in [0.1, 0.15) is 11.6 Å². The Morgan fingerprint density at radius 1 is 1.39 bits per heavy atom. The largest absolute Gasteiger partial charge is 0.361 e. The van der Waals surface area contributed by atoms with Crippen LogP contribution in [0.15, 0.2) is 16.9 Å². The van der Waals surface area contributed by atoms with Crippen molar-refractivity contribution in [2.75, 3.05) is 6.54 Å². The second kappa shape index (κ2) is 5.35. The van der Waals surface area contributed by atoms with Gasteiger partial charge in [0.25, 0.3) is 0 Å². The SMILES string of the molecule is Cc1noc(C)c1C(C)NCCn1ccnc1C. The van der Waals surface area contributed by atoms with Crippen LogP contribution in [0.1, 0.15) is 35.8 Å². The summed E-state index contributed by atoms with van der Waals surface area (Å²) in [5.74, 6) is 1.94. The number of aromatic nitrogens is 3. The Kier molecular flexibility index (Phi) is 3.81. The molecule has 2 heterocycles. The van der Waals surface area contributed by atoms with Crippen LogP contribution in [0.5, 0.6) is 0 Å². The number of hydrogen-bond acceptors (Lipinski definition) is 4. The zero-order valence-corrected chi connectivity index (χ0v) is 11.4. The van der Waals surface area contributed by atoms with Crippen LogP contribution >= 0.6 is 0 Å². The first-order valence-corrected chi connectivity index (χ1v) is 6.23. The maximum Gasteiger partial charge on any atom is 0.138 e. The van der Waals surface area contributed by atoms with Gasteiger partial charge < -0.3 is 14.4 Å². The number of aryl methyl sites for hydroxylation is 3. The van der Waals surface area contributed by atoms with Gasteiger partial charge in [-0.25, -0.2) is 4.98 Å². The Hall–Kier alpha value is -1.62. The van der Waals surface area contributed by atoms with Crippen LogP contribution < -0.4 is 5.32 Å². The van der Waals surface area contributed by atoms with Crippen molar-refractivity contribution in [1.82, 2.24) is 20.0 Å². The van der Waals surface area contributed by atoms with Crippen molar-refractivity contribution in [2.45, 2.75) is 40.3 Å². The fourth-order valence-corrected chi connectivity index (χ4v) is 2.25. The molecule has 0 aliphatic carbocycles. The zero-order valence-electron chi connectivity index (χ0n) is 11.4. The highest BCUT2D eigenvalue weighted by Crippen LogP contribution is 2.20. The first kappa shape index (κ1) is 12.8. The van der Waals surface area contributed by atoms with E-state index in [2.05, 4.69) is 26.9 Å². The van der Waals surface area contributed by atoms with Gasteiger partial charge in [-0.3, -0.25) is 0 Å². The van der Waals surface area contributed by atoms with Crippen LogP contribution in [0.3, 0.4) is 0 Å². The molecule has 1 atom stereocenters. The van der Waals surface area contributed by atoms with E-state index in [4.69, 9.17) is 4.52 Å². The van der Waals surface area contributed by atoms with E-state index >= 15 is 0 Å². The lowest BCUT2D eigenvalue weighted by atomic mass is 10.1. The number of hydrogen-bond donors (Lipinski definition) is 1. The Labute approximate surface area is 107 Å². The summed E-state index contributed by atoms with van der Waals surface area (Å²) in [5, 5.41) is 7.46.